The van der Waals surface area contributed by atoms with Gasteiger partial charge in [0.05, 0.1) is 55.1 Å². The van der Waals surface area contributed by atoms with Crippen LogP contribution in [0.3, 0.4) is 0 Å². The third-order valence-corrected chi connectivity index (χ3v) is 21.2. The Bertz CT molecular complexity index is 6610. The number of imidazole rings is 3. The summed E-state index contributed by atoms with van der Waals surface area (Å²) in [4.78, 5) is 101. The molecule has 0 aliphatic carbocycles. The molecule has 726 valence electrons. The Hall–Kier alpha value is -14.8. The van der Waals surface area contributed by atoms with E-state index in [1.165, 1.54) is 157 Å². The highest BCUT2D eigenvalue weighted by Crippen LogP contribution is 2.45. The number of aromatic nitrogens is 9. The summed E-state index contributed by atoms with van der Waals surface area (Å²) in [7, 11) is 2.98. The number of fused-ring (bicyclic) bond motifs is 4. The number of nitrogens with zero attached hydrogens (tertiary/aromatic N) is 9. The summed E-state index contributed by atoms with van der Waals surface area (Å²) in [6, 6.07) is 9.16. The van der Waals surface area contributed by atoms with Crippen LogP contribution in [0, 0.1) is 41.8 Å². The van der Waals surface area contributed by atoms with Crippen molar-refractivity contribution >= 4 is 80.4 Å². The second-order valence-corrected chi connectivity index (χ2v) is 30.0. The van der Waals surface area contributed by atoms with Crippen LogP contribution in [0.15, 0.2) is 171 Å². The van der Waals surface area contributed by atoms with E-state index < -0.39 is 225 Å². The number of carbonyl (C=O) groups excluding carboxylic acids is 6. The maximum atomic E-state index is 14.9. The fourth-order valence-corrected chi connectivity index (χ4v) is 14.7. The summed E-state index contributed by atoms with van der Waals surface area (Å²) in [6.07, 6.45) is -19.1. The Labute approximate surface area is 757 Å². The fourth-order valence-electron chi connectivity index (χ4n) is 14.7. The van der Waals surface area contributed by atoms with Crippen LogP contribution in [0.2, 0.25) is 0 Å². The van der Waals surface area contributed by atoms with Crippen LogP contribution >= 0.6 is 0 Å². The first kappa shape index (κ1) is 103. The lowest BCUT2D eigenvalue weighted by molar-refractivity contribution is -0.143. The molecular formula is C89H73F24N15O9. The van der Waals surface area contributed by atoms with E-state index in [1.807, 2.05) is 16.0 Å². The zero-order valence-electron chi connectivity index (χ0n) is 71.6. The van der Waals surface area contributed by atoms with Crippen LogP contribution in [0.4, 0.5) is 122 Å². The summed E-state index contributed by atoms with van der Waals surface area (Å²) in [6.45, 7) is 4.94. The van der Waals surface area contributed by atoms with Gasteiger partial charge in [-0.3, -0.25) is 29.3 Å². The molecule has 137 heavy (non-hydrogen) atoms. The number of aryl methyl sites for hydroxylation is 1. The van der Waals surface area contributed by atoms with Gasteiger partial charge in [0.25, 0.3) is 17.7 Å². The fraction of sp³-hybridized carbons (Fsp3) is 0.281. The number of hydrogen-bond acceptors (Lipinski definition) is 18. The van der Waals surface area contributed by atoms with Gasteiger partial charge in [0.1, 0.15) is 105 Å². The van der Waals surface area contributed by atoms with E-state index >= 15 is 0 Å². The lowest BCUT2D eigenvalue weighted by Crippen LogP contribution is -2.44. The highest BCUT2D eigenvalue weighted by Gasteiger charge is 2.45. The molecular weight excluding hydrogens is 1880 g/mol. The van der Waals surface area contributed by atoms with Gasteiger partial charge in [0.15, 0.2) is 0 Å². The number of hydrogen-bond donors (Lipinski definition) is 6. The summed E-state index contributed by atoms with van der Waals surface area (Å²) >= 11 is 0. The lowest BCUT2D eigenvalue weighted by atomic mass is 9.99. The van der Waals surface area contributed by atoms with E-state index in [4.69, 9.17) is 14.2 Å². The highest BCUT2D eigenvalue weighted by molar-refractivity contribution is 6.00. The van der Waals surface area contributed by atoms with Gasteiger partial charge in [-0.1, -0.05) is 45.0 Å². The van der Waals surface area contributed by atoms with E-state index in [1.54, 1.807) is 6.07 Å². The molecule has 6 atom stereocenters. The smallest absolute Gasteiger partial charge is 0.419 e. The van der Waals surface area contributed by atoms with Crippen molar-refractivity contribution in [2.24, 2.45) is 0 Å². The number of esters is 3. The van der Waals surface area contributed by atoms with Gasteiger partial charge in [0, 0.05) is 131 Å². The van der Waals surface area contributed by atoms with Gasteiger partial charge in [-0.2, -0.15) is 79.0 Å². The maximum Gasteiger partial charge on any atom is 0.419 e. The minimum Gasteiger partial charge on any atom is -0.467 e. The number of benzene rings is 4. The number of methoxy groups -OCH3 is 3. The van der Waals surface area contributed by atoms with E-state index in [9.17, 15) is 134 Å². The van der Waals surface area contributed by atoms with Crippen LogP contribution in [0.25, 0.3) is 61.5 Å². The highest BCUT2D eigenvalue weighted by atomic mass is 19.4. The Morgan fingerprint density at radius 1 is 0.365 bits per heavy atom. The molecule has 13 aromatic rings. The SMILES string of the molecule is CC[C@@H](Nc1cc(F)c(C(=O)N[C@@H](Cc2ccc(-c3ncc4ccccc4c3C(F)(F)F)c3nccn23)C(=O)OC)c(F)c1)C(F)(F)F.CC[C@@H](Nc1cc(F)c(C(=O)N[C@@H](Cc2ccc(-c3nccc(C)c3C(F)(F)F)c3nccn23)C(=O)OC)c(F)c1)C(F)(F)F.CC[C@@H](Nc1cc(F)c(C(=O)N[C@@H](Cc2ccc(-c3ncccc3C(F)(F)F)c3nccn23)C(=O)OC)c(F)c1)C(F)(F)F. The van der Waals surface area contributed by atoms with Crippen LogP contribution in [-0.4, -0.2) is 155 Å². The van der Waals surface area contributed by atoms with Crippen LogP contribution in [-0.2, 0) is 66.4 Å². The minimum atomic E-state index is -4.79. The number of amides is 3. The van der Waals surface area contributed by atoms with Gasteiger partial charge >= 0.3 is 55.0 Å². The van der Waals surface area contributed by atoms with Gasteiger partial charge in [0.2, 0.25) is 0 Å². The Morgan fingerprint density at radius 3 is 1.00 bits per heavy atom. The summed E-state index contributed by atoms with van der Waals surface area (Å²) in [5, 5.41) is 12.6. The Balaban J connectivity index is 0.000000197. The summed E-state index contributed by atoms with van der Waals surface area (Å²) in [5.41, 5.74) is -8.53. The number of rotatable bonds is 27. The van der Waals surface area contributed by atoms with Crippen molar-refractivity contribution in [3.8, 4) is 33.8 Å². The van der Waals surface area contributed by atoms with E-state index in [2.05, 4.69) is 45.9 Å². The quantitative estimate of drug-likeness (QED) is 0.0158. The number of carbonyl (C=O) groups is 6. The lowest BCUT2D eigenvalue weighted by Gasteiger charge is -2.22. The second kappa shape index (κ2) is 41.6. The first-order valence-electron chi connectivity index (χ1n) is 40.3. The van der Waals surface area contributed by atoms with Gasteiger partial charge < -0.3 is 59.3 Å². The number of halogens is 24. The van der Waals surface area contributed by atoms with Crippen LogP contribution in [0.5, 0.6) is 0 Å². The molecule has 0 saturated carbocycles. The number of alkyl halides is 18. The average Bonchev–Trinajstić information content (AvgIpc) is 1.73. The predicted octanol–water partition coefficient (Wildman–Crippen LogP) is 19.3. The summed E-state index contributed by atoms with van der Waals surface area (Å²) < 4.78 is 351. The molecule has 4 aromatic carbocycles. The third-order valence-electron chi connectivity index (χ3n) is 21.2. The topological polar surface area (TPSA) is 293 Å². The Morgan fingerprint density at radius 2 is 0.686 bits per heavy atom. The van der Waals surface area contributed by atoms with Gasteiger partial charge in [-0.15, -0.1) is 0 Å². The van der Waals surface area contributed by atoms with Crippen molar-refractivity contribution in [1.29, 1.82) is 0 Å². The summed E-state index contributed by atoms with van der Waals surface area (Å²) in [5.74, 6) is -16.3. The van der Waals surface area contributed by atoms with E-state index in [0.29, 0.717) is 36.4 Å². The molecule has 0 bridgehead atoms. The maximum absolute atomic E-state index is 14.9. The largest absolute Gasteiger partial charge is 0.467 e. The molecule has 13 rings (SSSR count). The third kappa shape index (κ3) is 23.4. The number of ether oxygens (including phenoxy) is 3. The molecule has 0 aliphatic heterocycles. The molecule has 24 nitrogen and oxygen atoms in total. The molecule has 9 heterocycles. The van der Waals surface area contributed by atoms with Crippen molar-refractivity contribution in [1.82, 2.24) is 59.1 Å². The number of nitrogens with one attached hydrogen (secondary N) is 6. The number of pyridine rings is 6. The second-order valence-electron chi connectivity index (χ2n) is 30.0. The minimum absolute atomic E-state index is 0.00848. The zero-order chi connectivity index (χ0) is 101. The molecule has 0 saturated heterocycles. The van der Waals surface area contributed by atoms with Crippen molar-refractivity contribution in [2.75, 3.05) is 37.3 Å². The molecule has 3 amide bonds. The molecule has 0 spiro atoms. The molecule has 0 radical (unpaired) electrons. The molecule has 0 fully saturated rings. The van der Waals surface area contributed by atoms with E-state index in [-0.39, 0.29) is 92.0 Å². The first-order chi connectivity index (χ1) is 64.3. The zero-order valence-corrected chi connectivity index (χ0v) is 71.6. The standard InChI is InChI=1S/C32H25F8N5O3.C29H25F8N5O3.C28H23F8N5O3/c1-3-24(31(35,36)37)43-17-12-21(33)25(22(34)13-17)29(46)44-23(30(47)48-2)14-18-8-9-20(28-41-10-11-45(18)28)27-26(32(38,39)40)19-7-5-4-6-16(19)15-42-27;1-4-21(28(32,33)34)40-15-11-18(30)22(19(31)12-15)26(43)41-20(27(44)45-3)13-16-5-6-17(25-39-9-10-42(16)25)24-23(29(35,36)37)14(2)7-8-38-24;1-3-21(28(34,35)36)39-14-11-18(29)22(19(30)12-14)25(42)40-20(26(43)44-2)13-15-6-7-16(24-38-9-10-41(15)24)23-17(27(31,32)33)5-4-8-37-23/h4-13,15,23-24,43H,3,14H2,1-2H3,(H,44,46);5-12,20-21,40H,4,13H2,1-3H3,(H,41,43);4-12,20-21,39H,3,13H2,1-2H3,(H,40,42)/t23-,24+;2*20-,21+/m000/s1. The molecule has 48 heteroatoms. The van der Waals surface area contributed by atoms with Crippen molar-refractivity contribution < 1.29 is 148 Å². The van der Waals surface area contributed by atoms with Gasteiger partial charge in [-0.25, -0.2) is 55.7 Å². The van der Waals surface area contributed by atoms with Crippen LogP contribution < -0.4 is 31.9 Å². The predicted molar refractivity (Wildman–Crippen MR) is 444 cm³/mol. The van der Waals surface area contributed by atoms with E-state index in [0.717, 1.165) is 33.5 Å². The first-order valence-corrected chi connectivity index (χ1v) is 40.3. The molecule has 0 unspecified atom stereocenters. The molecule has 6 N–H and O–H groups in total. The average molecular weight is 1950 g/mol. The Kier molecular flexibility index (Phi) is 31.2. The normalized spacial score (nSPS) is 13.4. The van der Waals surface area contributed by atoms with Crippen molar-refractivity contribution in [2.45, 2.75) is 140 Å². The number of anilines is 3. The van der Waals surface area contributed by atoms with Crippen molar-refractivity contribution in [3.05, 3.63) is 262 Å². The van der Waals surface area contributed by atoms with Crippen molar-refractivity contribution in [3.63, 3.8) is 0 Å². The van der Waals surface area contributed by atoms with Crippen LogP contribution in [0.1, 0.15) is 110 Å². The molecule has 9 aromatic heterocycles. The molecule has 0 aliphatic rings. The van der Waals surface area contributed by atoms with Gasteiger partial charge in [-0.05, 0) is 128 Å². The monoisotopic (exact) mass is 1950 g/mol.